The molecule has 4 unspecified atom stereocenters. The van der Waals surface area contributed by atoms with Gasteiger partial charge in [0.1, 0.15) is 0 Å². The fraction of sp³-hybridized carbons (Fsp3) is 0.970. The van der Waals surface area contributed by atoms with E-state index in [-0.39, 0.29) is 5.97 Å². The van der Waals surface area contributed by atoms with Gasteiger partial charge in [0.25, 0.3) is 0 Å². The summed E-state index contributed by atoms with van der Waals surface area (Å²) in [7, 11) is 1.53. The fourth-order valence-corrected chi connectivity index (χ4v) is 12.7. The fourth-order valence-electron chi connectivity index (χ4n) is 12.7. The third-order valence-corrected chi connectivity index (χ3v) is 14.5. The number of rotatable bonds is 4. The second kappa shape index (κ2) is 8.49. The number of carbonyl (C=O) groups excluding carboxylic acids is 1. The first-order valence-corrected chi connectivity index (χ1v) is 15.4. The van der Waals surface area contributed by atoms with E-state index in [1.165, 1.54) is 77.7 Å². The Hall–Kier alpha value is -0.530. The lowest BCUT2D eigenvalue weighted by Gasteiger charge is -2.73. The van der Waals surface area contributed by atoms with Crippen LogP contribution >= 0.6 is 0 Å². The van der Waals surface area contributed by atoms with Gasteiger partial charge in [-0.15, -0.1) is 0 Å². The SMILES string of the molecule is COC(=O)CCC(C)[C@H]1CC[C@]2(C)C3CCC4[C@@]5(C)CCCC(C)(C)C5CC[C@@]4(C)[C@]3(C)CC[C@H]12. The van der Waals surface area contributed by atoms with Crippen molar-refractivity contribution in [3.8, 4) is 0 Å². The molecule has 200 valence electrons. The third-order valence-electron chi connectivity index (χ3n) is 14.5. The van der Waals surface area contributed by atoms with E-state index < -0.39 is 0 Å². The minimum absolute atomic E-state index is 0.0323. The number of hydrogen-bond acceptors (Lipinski definition) is 2. The molecule has 5 aliphatic carbocycles. The van der Waals surface area contributed by atoms with E-state index in [4.69, 9.17) is 4.74 Å². The molecule has 0 aromatic carbocycles. The molecule has 0 spiro atoms. The molecule has 0 N–H and O–H groups in total. The van der Waals surface area contributed by atoms with Gasteiger partial charge in [0.15, 0.2) is 0 Å². The predicted octanol–water partition coefficient (Wildman–Crippen LogP) is 9.07. The second-order valence-electron chi connectivity index (χ2n) is 15.9. The van der Waals surface area contributed by atoms with Crippen molar-refractivity contribution in [3.05, 3.63) is 0 Å². The summed E-state index contributed by atoms with van der Waals surface area (Å²) in [6, 6.07) is 0. The zero-order chi connectivity index (χ0) is 25.4. The van der Waals surface area contributed by atoms with Gasteiger partial charge in [-0.05, 0) is 133 Å². The molecule has 2 nitrogen and oxygen atoms in total. The molecular formula is C33H56O2. The van der Waals surface area contributed by atoms with Crippen LogP contribution in [0.25, 0.3) is 0 Å². The first-order chi connectivity index (χ1) is 16.3. The molecule has 0 bridgehead atoms. The maximum atomic E-state index is 11.8. The van der Waals surface area contributed by atoms with Crippen LogP contribution in [0.1, 0.15) is 132 Å². The van der Waals surface area contributed by atoms with Crippen LogP contribution in [0.3, 0.4) is 0 Å². The molecule has 0 amide bonds. The summed E-state index contributed by atoms with van der Waals surface area (Å²) < 4.78 is 4.95. The standard InChI is InChI=1S/C33H56O2/c1-22(10-13-28(34)35-8)23-14-19-30(4)24(23)15-20-32(6)26(30)11-12-27-31(5)18-9-17-29(2,3)25(31)16-21-33(27,32)7/h22-27H,9-21H2,1-8H3/t22?,23-,24-,25?,26?,27?,30+,31+,32-,33-/m1/s1. The van der Waals surface area contributed by atoms with Crippen LogP contribution in [0.2, 0.25) is 0 Å². The van der Waals surface area contributed by atoms with Crippen LogP contribution in [0.5, 0.6) is 0 Å². The quantitative estimate of drug-likeness (QED) is 0.372. The van der Waals surface area contributed by atoms with Crippen LogP contribution in [-0.2, 0) is 9.53 Å². The topological polar surface area (TPSA) is 26.3 Å². The lowest BCUT2D eigenvalue weighted by Crippen LogP contribution is -2.65. The molecule has 5 aliphatic rings. The first-order valence-electron chi connectivity index (χ1n) is 15.4. The molecule has 5 saturated carbocycles. The van der Waals surface area contributed by atoms with Gasteiger partial charge < -0.3 is 4.74 Å². The molecule has 0 radical (unpaired) electrons. The van der Waals surface area contributed by atoms with E-state index in [9.17, 15) is 4.79 Å². The summed E-state index contributed by atoms with van der Waals surface area (Å²) in [5.74, 6) is 4.96. The molecule has 0 aliphatic heterocycles. The Balaban J connectivity index is 1.40. The van der Waals surface area contributed by atoms with Crippen molar-refractivity contribution in [2.45, 2.75) is 132 Å². The first kappa shape index (κ1) is 26.1. The van der Waals surface area contributed by atoms with Gasteiger partial charge in [0, 0.05) is 6.42 Å². The van der Waals surface area contributed by atoms with Crippen LogP contribution in [0.15, 0.2) is 0 Å². The molecule has 0 aromatic rings. The van der Waals surface area contributed by atoms with Crippen LogP contribution in [0.4, 0.5) is 0 Å². The largest absolute Gasteiger partial charge is 0.469 e. The Bertz CT molecular complexity index is 831. The minimum Gasteiger partial charge on any atom is -0.469 e. The van der Waals surface area contributed by atoms with E-state index >= 15 is 0 Å². The molecule has 0 heterocycles. The molecule has 2 heteroatoms. The number of hydrogen-bond donors (Lipinski definition) is 0. The van der Waals surface area contributed by atoms with E-state index in [0.29, 0.717) is 39.4 Å². The Labute approximate surface area is 217 Å². The van der Waals surface area contributed by atoms with Gasteiger partial charge in [-0.1, -0.05) is 54.9 Å². The van der Waals surface area contributed by atoms with Crippen LogP contribution in [-0.4, -0.2) is 13.1 Å². The highest BCUT2D eigenvalue weighted by molar-refractivity contribution is 5.69. The summed E-state index contributed by atoms with van der Waals surface area (Å²) in [6.45, 7) is 18.6. The molecule has 10 atom stereocenters. The number of esters is 1. The number of carbonyl (C=O) groups is 1. The van der Waals surface area contributed by atoms with E-state index in [1.807, 2.05) is 0 Å². The lowest BCUT2D eigenvalue weighted by molar-refractivity contribution is -0.241. The third kappa shape index (κ3) is 3.56. The Morgan fingerprint density at radius 3 is 2.06 bits per heavy atom. The highest BCUT2D eigenvalue weighted by Crippen LogP contribution is 2.78. The van der Waals surface area contributed by atoms with Gasteiger partial charge in [-0.3, -0.25) is 4.79 Å². The van der Waals surface area contributed by atoms with Crippen molar-refractivity contribution in [3.63, 3.8) is 0 Å². The molecule has 5 rings (SSSR count). The normalized spacial score (nSPS) is 51.4. The van der Waals surface area contributed by atoms with Crippen molar-refractivity contribution < 1.29 is 9.53 Å². The van der Waals surface area contributed by atoms with Crippen molar-refractivity contribution in [2.24, 2.45) is 62.6 Å². The van der Waals surface area contributed by atoms with Gasteiger partial charge >= 0.3 is 5.97 Å². The average Bonchev–Trinajstić information content (AvgIpc) is 3.14. The zero-order valence-electron chi connectivity index (χ0n) is 24.5. The monoisotopic (exact) mass is 484 g/mol. The van der Waals surface area contributed by atoms with Gasteiger partial charge in [-0.2, -0.15) is 0 Å². The number of fused-ring (bicyclic) bond motifs is 7. The Morgan fingerprint density at radius 1 is 0.771 bits per heavy atom. The van der Waals surface area contributed by atoms with E-state index in [0.717, 1.165) is 36.0 Å². The van der Waals surface area contributed by atoms with Crippen LogP contribution in [0, 0.1) is 62.6 Å². The smallest absolute Gasteiger partial charge is 0.305 e. The molecule has 5 fully saturated rings. The minimum atomic E-state index is -0.0323. The lowest BCUT2D eigenvalue weighted by atomic mass is 9.32. The maximum Gasteiger partial charge on any atom is 0.305 e. The molecule has 0 saturated heterocycles. The zero-order valence-corrected chi connectivity index (χ0v) is 24.5. The second-order valence-corrected chi connectivity index (χ2v) is 15.9. The van der Waals surface area contributed by atoms with E-state index in [2.05, 4.69) is 48.5 Å². The number of ether oxygens (including phenoxy) is 1. The Kier molecular flexibility index (Phi) is 6.33. The summed E-state index contributed by atoms with van der Waals surface area (Å²) in [5, 5.41) is 0. The highest BCUT2D eigenvalue weighted by atomic mass is 16.5. The van der Waals surface area contributed by atoms with Gasteiger partial charge in [0.2, 0.25) is 0 Å². The van der Waals surface area contributed by atoms with Gasteiger partial charge in [-0.25, -0.2) is 0 Å². The van der Waals surface area contributed by atoms with Crippen molar-refractivity contribution in [2.75, 3.05) is 7.11 Å². The predicted molar refractivity (Wildman–Crippen MR) is 145 cm³/mol. The summed E-state index contributed by atoms with van der Waals surface area (Å²) in [6.07, 6.45) is 17.5. The maximum absolute atomic E-state index is 11.8. The number of methoxy groups -OCH3 is 1. The van der Waals surface area contributed by atoms with Crippen molar-refractivity contribution in [1.82, 2.24) is 0 Å². The molecule has 35 heavy (non-hydrogen) atoms. The van der Waals surface area contributed by atoms with Crippen molar-refractivity contribution in [1.29, 1.82) is 0 Å². The Morgan fingerprint density at radius 2 is 1.40 bits per heavy atom. The molecule has 0 aromatic heterocycles. The molecular weight excluding hydrogens is 428 g/mol. The van der Waals surface area contributed by atoms with Crippen molar-refractivity contribution >= 4 is 5.97 Å². The summed E-state index contributed by atoms with van der Waals surface area (Å²) in [5.41, 5.74) is 2.54. The average molecular weight is 485 g/mol. The summed E-state index contributed by atoms with van der Waals surface area (Å²) in [4.78, 5) is 11.8. The highest BCUT2D eigenvalue weighted by Gasteiger charge is 2.70. The van der Waals surface area contributed by atoms with Crippen LogP contribution < -0.4 is 0 Å². The van der Waals surface area contributed by atoms with E-state index in [1.54, 1.807) is 0 Å². The summed E-state index contributed by atoms with van der Waals surface area (Å²) >= 11 is 0. The van der Waals surface area contributed by atoms with Gasteiger partial charge in [0.05, 0.1) is 7.11 Å².